The number of fused-ring (bicyclic) bond motifs is 1. The summed E-state index contributed by atoms with van der Waals surface area (Å²) in [5.74, 6) is 0.742. The number of benzene rings is 2. The van der Waals surface area contributed by atoms with Crippen LogP contribution < -0.4 is 19.7 Å². The van der Waals surface area contributed by atoms with Crippen molar-refractivity contribution in [3.63, 3.8) is 0 Å². The fraction of sp³-hybridized carbons (Fsp3) is 0.227. The van der Waals surface area contributed by atoms with Gasteiger partial charge < -0.3 is 19.7 Å². The molecular formula is C22H20ClN3O4. The van der Waals surface area contributed by atoms with Crippen molar-refractivity contribution >= 4 is 45.7 Å². The summed E-state index contributed by atoms with van der Waals surface area (Å²) in [4.78, 5) is 30.4. The minimum Gasteiger partial charge on any atom is -0.494 e. The maximum Gasteiger partial charge on any atom is 0.262 e. The van der Waals surface area contributed by atoms with E-state index >= 15 is 0 Å². The van der Waals surface area contributed by atoms with Gasteiger partial charge in [0, 0.05) is 36.3 Å². The lowest BCUT2D eigenvalue weighted by Gasteiger charge is -2.19. The first kappa shape index (κ1) is 20.0. The molecule has 30 heavy (non-hydrogen) atoms. The SMILES string of the molecule is COc1cc(NC(=O)COc2ccc(Cl)c3cccnc23)ccc1N1CCCC1=O. The van der Waals surface area contributed by atoms with Crippen molar-refractivity contribution < 1.29 is 19.1 Å². The van der Waals surface area contributed by atoms with Gasteiger partial charge in [0.15, 0.2) is 6.61 Å². The van der Waals surface area contributed by atoms with Crippen LogP contribution in [0.5, 0.6) is 11.5 Å². The number of nitrogens with zero attached hydrogens (tertiary/aromatic N) is 2. The Labute approximate surface area is 178 Å². The zero-order chi connectivity index (χ0) is 21.1. The number of methoxy groups -OCH3 is 1. The molecule has 0 atom stereocenters. The van der Waals surface area contributed by atoms with Gasteiger partial charge in [-0.1, -0.05) is 11.6 Å². The fourth-order valence-electron chi connectivity index (χ4n) is 3.45. The fourth-order valence-corrected chi connectivity index (χ4v) is 3.67. The average molecular weight is 426 g/mol. The molecule has 0 spiro atoms. The Hall–Kier alpha value is -3.32. The molecule has 1 fully saturated rings. The van der Waals surface area contributed by atoms with Gasteiger partial charge in [0.05, 0.1) is 17.8 Å². The first-order valence-electron chi connectivity index (χ1n) is 9.51. The van der Waals surface area contributed by atoms with Crippen LogP contribution in [0.25, 0.3) is 10.9 Å². The summed E-state index contributed by atoms with van der Waals surface area (Å²) in [6.07, 6.45) is 3.00. The molecule has 0 unspecified atom stereocenters. The molecule has 2 amide bonds. The van der Waals surface area contributed by atoms with Crippen LogP contribution in [0.3, 0.4) is 0 Å². The van der Waals surface area contributed by atoms with Crippen molar-refractivity contribution in [2.24, 2.45) is 0 Å². The summed E-state index contributed by atoms with van der Waals surface area (Å²) in [7, 11) is 1.53. The van der Waals surface area contributed by atoms with E-state index in [1.54, 1.807) is 47.5 Å². The minimum absolute atomic E-state index is 0.0716. The monoisotopic (exact) mass is 425 g/mol. The number of carbonyl (C=O) groups is 2. The van der Waals surface area contributed by atoms with E-state index in [9.17, 15) is 9.59 Å². The maximum absolute atomic E-state index is 12.4. The smallest absolute Gasteiger partial charge is 0.262 e. The van der Waals surface area contributed by atoms with Crippen LogP contribution in [-0.4, -0.2) is 37.1 Å². The van der Waals surface area contributed by atoms with Crippen molar-refractivity contribution in [1.29, 1.82) is 0 Å². The maximum atomic E-state index is 12.4. The Balaban J connectivity index is 1.45. The van der Waals surface area contributed by atoms with Crippen molar-refractivity contribution in [2.45, 2.75) is 12.8 Å². The molecule has 7 nitrogen and oxygen atoms in total. The predicted molar refractivity (Wildman–Crippen MR) is 115 cm³/mol. The Morgan fingerprint density at radius 3 is 2.87 bits per heavy atom. The van der Waals surface area contributed by atoms with E-state index in [1.807, 2.05) is 6.07 Å². The van der Waals surface area contributed by atoms with E-state index in [0.29, 0.717) is 46.4 Å². The van der Waals surface area contributed by atoms with E-state index in [0.717, 1.165) is 11.8 Å². The molecule has 3 aromatic rings. The van der Waals surface area contributed by atoms with Gasteiger partial charge in [-0.05, 0) is 42.8 Å². The molecule has 1 N–H and O–H groups in total. The summed E-state index contributed by atoms with van der Waals surface area (Å²) in [6, 6.07) is 12.2. The van der Waals surface area contributed by atoms with Gasteiger partial charge in [-0.3, -0.25) is 14.6 Å². The molecule has 8 heteroatoms. The number of halogens is 1. The number of rotatable bonds is 6. The summed E-state index contributed by atoms with van der Waals surface area (Å²) < 4.78 is 11.1. The molecule has 0 radical (unpaired) electrons. The number of ether oxygens (including phenoxy) is 2. The second-order valence-corrected chi connectivity index (χ2v) is 7.22. The van der Waals surface area contributed by atoms with E-state index in [4.69, 9.17) is 21.1 Å². The average Bonchev–Trinajstić information content (AvgIpc) is 3.19. The lowest BCUT2D eigenvalue weighted by atomic mass is 10.2. The Morgan fingerprint density at radius 1 is 1.23 bits per heavy atom. The number of hydrogen-bond acceptors (Lipinski definition) is 5. The molecule has 1 aliphatic rings. The number of anilines is 2. The van der Waals surface area contributed by atoms with Crippen molar-refractivity contribution in [3.05, 3.63) is 53.7 Å². The third kappa shape index (κ3) is 4.02. The molecule has 1 aliphatic heterocycles. The van der Waals surface area contributed by atoms with Gasteiger partial charge in [-0.2, -0.15) is 0 Å². The number of amides is 2. The second kappa shape index (κ2) is 8.59. The highest BCUT2D eigenvalue weighted by Crippen LogP contribution is 2.34. The lowest BCUT2D eigenvalue weighted by molar-refractivity contribution is -0.118. The molecule has 4 rings (SSSR count). The zero-order valence-corrected chi connectivity index (χ0v) is 17.1. The molecule has 0 bridgehead atoms. The number of hydrogen-bond donors (Lipinski definition) is 1. The summed E-state index contributed by atoms with van der Waals surface area (Å²) in [5.41, 5.74) is 1.85. The molecular weight excluding hydrogens is 406 g/mol. The first-order valence-corrected chi connectivity index (χ1v) is 9.89. The largest absolute Gasteiger partial charge is 0.494 e. The van der Waals surface area contributed by atoms with Crippen LogP contribution in [0, 0.1) is 0 Å². The lowest BCUT2D eigenvalue weighted by Crippen LogP contribution is -2.24. The van der Waals surface area contributed by atoms with Gasteiger partial charge >= 0.3 is 0 Å². The number of pyridine rings is 1. The summed E-state index contributed by atoms with van der Waals surface area (Å²) in [6.45, 7) is 0.472. The van der Waals surface area contributed by atoms with E-state index in [2.05, 4.69) is 10.3 Å². The van der Waals surface area contributed by atoms with Crippen LogP contribution in [0.1, 0.15) is 12.8 Å². The van der Waals surface area contributed by atoms with Crippen LogP contribution in [0.2, 0.25) is 5.02 Å². The Bertz CT molecular complexity index is 1120. The van der Waals surface area contributed by atoms with Crippen molar-refractivity contribution in [2.75, 3.05) is 30.5 Å². The highest BCUT2D eigenvalue weighted by atomic mass is 35.5. The van der Waals surface area contributed by atoms with Crippen LogP contribution >= 0.6 is 11.6 Å². The predicted octanol–water partition coefficient (Wildman–Crippen LogP) is 4.04. The molecule has 154 valence electrons. The van der Waals surface area contributed by atoms with Gasteiger partial charge in [-0.15, -0.1) is 0 Å². The van der Waals surface area contributed by atoms with Crippen molar-refractivity contribution in [3.8, 4) is 11.5 Å². The Morgan fingerprint density at radius 2 is 2.10 bits per heavy atom. The molecule has 1 saturated heterocycles. The summed E-state index contributed by atoms with van der Waals surface area (Å²) in [5, 5.41) is 4.11. The van der Waals surface area contributed by atoms with Crippen LogP contribution in [0.15, 0.2) is 48.7 Å². The molecule has 1 aromatic heterocycles. The van der Waals surface area contributed by atoms with E-state index in [-0.39, 0.29) is 18.4 Å². The van der Waals surface area contributed by atoms with Gasteiger partial charge in [-0.25, -0.2) is 0 Å². The van der Waals surface area contributed by atoms with Crippen molar-refractivity contribution in [1.82, 2.24) is 4.98 Å². The van der Waals surface area contributed by atoms with Crippen LogP contribution in [-0.2, 0) is 9.59 Å². The molecule has 2 aromatic carbocycles. The molecule has 0 aliphatic carbocycles. The number of carbonyl (C=O) groups excluding carboxylic acids is 2. The van der Waals surface area contributed by atoms with Gasteiger partial charge in [0.25, 0.3) is 5.91 Å². The minimum atomic E-state index is -0.332. The van der Waals surface area contributed by atoms with E-state index in [1.165, 1.54) is 7.11 Å². The standard InChI is InChI=1S/C22H20ClN3O4/c1-29-19-12-14(6-8-17(19)26-11-3-5-21(26)28)25-20(27)13-30-18-9-7-16(23)15-4-2-10-24-22(15)18/h2,4,6-10,12H,3,5,11,13H2,1H3,(H,25,27). The van der Waals surface area contributed by atoms with Crippen LogP contribution in [0.4, 0.5) is 11.4 Å². The molecule has 2 heterocycles. The molecule has 0 saturated carbocycles. The quantitative estimate of drug-likeness (QED) is 0.644. The first-order chi connectivity index (χ1) is 14.6. The third-order valence-electron chi connectivity index (χ3n) is 4.87. The zero-order valence-electron chi connectivity index (χ0n) is 16.4. The van der Waals surface area contributed by atoms with Gasteiger partial charge in [0.2, 0.25) is 5.91 Å². The second-order valence-electron chi connectivity index (χ2n) is 6.82. The highest BCUT2D eigenvalue weighted by Gasteiger charge is 2.24. The highest BCUT2D eigenvalue weighted by molar-refractivity contribution is 6.35. The topological polar surface area (TPSA) is 80.8 Å². The Kier molecular flexibility index (Phi) is 5.72. The third-order valence-corrected chi connectivity index (χ3v) is 5.20. The number of aromatic nitrogens is 1. The van der Waals surface area contributed by atoms with E-state index < -0.39 is 0 Å². The normalized spacial score (nSPS) is 13.5. The van der Waals surface area contributed by atoms with Gasteiger partial charge in [0.1, 0.15) is 17.0 Å². The number of nitrogens with one attached hydrogen (secondary N) is 1. The summed E-state index contributed by atoms with van der Waals surface area (Å²) >= 11 is 6.19.